The summed E-state index contributed by atoms with van der Waals surface area (Å²) in [5.41, 5.74) is -1.18. The third-order valence-corrected chi connectivity index (χ3v) is 5.61. The molecule has 4 rings (SSSR count). The molecule has 35 heavy (non-hydrogen) atoms. The van der Waals surface area contributed by atoms with Crippen molar-refractivity contribution in [3.63, 3.8) is 0 Å². The molecule has 7 nitrogen and oxygen atoms in total. The summed E-state index contributed by atoms with van der Waals surface area (Å²) in [5.74, 6) is -0.591. The van der Waals surface area contributed by atoms with E-state index in [1.165, 1.54) is 22.8 Å². The Morgan fingerprint density at radius 2 is 1.86 bits per heavy atom. The van der Waals surface area contributed by atoms with Crippen molar-refractivity contribution in [1.29, 1.82) is 0 Å². The molecule has 0 bridgehead atoms. The van der Waals surface area contributed by atoms with Crippen molar-refractivity contribution in [2.45, 2.75) is 12.8 Å². The van der Waals surface area contributed by atoms with Crippen LogP contribution in [0.25, 0.3) is 0 Å². The zero-order valence-electron chi connectivity index (χ0n) is 18.4. The van der Waals surface area contributed by atoms with E-state index in [4.69, 9.17) is 25.8 Å². The zero-order chi connectivity index (χ0) is 25.2. The number of anilines is 1. The Balaban J connectivity index is 1.46. The number of hydrogen-bond donors (Lipinski definition) is 0. The highest BCUT2D eigenvalue weighted by Gasteiger charge is 2.33. The molecule has 0 atom stereocenters. The minimum atomic E-state index is -4.68. The molecule has 1 fully saturated rings. The molecule has 2 aromatic carbocycles. The normalized spacial score (nSPS) is 14.2. The zero-order valence-corrected chi connectivity index (χ0v) is 19.2. The largest absolute Gasteiger partial charge is 0.473 e. The van der Waals surface area contributed by atoms with Gasteiger partial charge in [-0.05, 0) is 35.9 Å². The van der Waals surface area contributed by atoms with Gasteiger partial charge in [-0.15, -0.1) is 0 Å². The average Bonchev–Trinajstić information content (AvgIpc) is 2.82. The molecular formula is C23H20ClF4N3O4. The van der Waals surface area contributed by atoms with Crippen LogP contribution in [0.4, 0.5) is 23.4 Å². The summed E-state index contributed by atoms with van der Waals surface area (Å²) in [4.78, 5) is 18.1. The van der Waals surface area contributed by atoms with Gasteiger partial charge >= 0.3 is 11.9 Å². The molecule has 0 saturated carbocycles. The Bertz CT molecular complexity index is 1280. The van der Waals surface area contributed by atoms with Gasteiger partial charge in [-0.25, -0.2) is 9.18 Å². The predicted molar refractivity (Wildman–Crippen MR) is 120 cm³/mol. The van der Waals surface area contributed by atoms with Gasteiger partial charge in [0.1, 0.15) is 18.2 Å². The smallest absolute Gasteiger partial charge is 0.417 e. The lowest BCUT2D eigenvalue weighted by Gasteiger charge is -2.29. The van der Waals surface area contributed by atoms with Crippen molar-refractivity contribution in [3.05, 3.63) is 74.9 Å². The number of rotatable bonds is 6. The predicted octanol–water partition coefficient (Wildman–Crippen LogP) is 4.80. The third-order valence-electron chi connectivity index (χ3n) is 5.28. The number of hydrogen-bond acceptors (Lipinski definition) is 6. The van der Waals surface area contributed by atoms with Crippen LogP contribution in [0.2, 0.25) is 5.02 Å². The van der Waals surface area contributed by atoms with E-state index in [0.717, 1.165) is 12.1 Å². The van der Waals surface area contributed by atoms with Gasteiger partial charge < -0.3 is 19.1 Å². The molecule has 1 aliphatic heterocycles. The van der Waals surface area contributed by atoms with Gasteiger partial charge in [0, 0.05) is 26.2 Å². The molecular weight excluding hydrogens is 494 g/mol. The highest BCUT2D eigenvalue weighted by atomic mass is 35.5. The minimum absolute atomic E-state index is 0.0798. The highest BCUT2D eigenvalue weighted by Crippen LogP contribution is 2.38. The summed E-state index contributed by atoms with van der Waals surface area (Å²) in [7, 11) is 1.61. The Labute approximate surface area is 202 Å². The molecule has 186 valence electrons. The number of nitrogens with zero attached hydrogens (tertiary/aromatic N) is 3. The average molecular weight is 514 g/mol. The van der Waals surface area contributed by atoms with Crippen molar-refractivity contribution in [3.8, 4) is 17.4 Å². The lowest BCUT2D eigenvalue weighted by atomic mass is 10.2. The lowest BCUT2D eigenvalue weighted by molar-refractivity contribution is -0.137. The number of benzene rings is 2. The summed E-state index contributed by atoms with van der Waals surface area (Å²) in [6, 6.07) is 8.45. The molecule has 0 N–H and O–H groups in total. The fourth-order valence-corrected chi connectivity index (χ4v) is 3.69. The topological polar surface area (TPSA) is 65.8 Å². The Hall–Kier alpha value is -3.31. The molecule has 2 heterocycles. The minimum Gasteiger partial charge on any atom is -0.473 e. The van der Waals surface area contributed by atoms with Crippen LogP contribution in [0.1, 0.15) is 11.1 Å². The maximum absolute atomic E-state index is 14.6. The molecule has 12 heteroatoms. The van der Waals surface area contributed by atoms with Crippen molar-refractivity contribution in [2.24, 2.45) is 7.05 Å². The van der Waals surface area contributed by atoms with Crippen LogP contribution < -0.4 is 20.1 Å². The summed E-state index contributed by atoms with van der Waals surface area (Å²) in [6.07, 6.45) is -4.68. The fraction of sp³-hybridized carbons (Fsp3) is 0.304. The molecule has 1 aliphatic rings. The van der Waals surface area contributed by atoms with Gasteiger partial charge in [0.2, 0.25) is 5.88 Å². The second-order valence-corrected chi connectivity index (χ2v) is 8.10. The highest BCUT2D eigenvalue weighted by molar-refractivity contribution is 6.31. The molecule has 0 spiro atoms. The maximum Gasteiger partial charge on any atom is 0.417 e. The number of alkyl halides is 3. The molecule has 1 saturated heterocycles. The van der Waals surface area contributed by atoms with Crippen molar-refractivity contribution in [2.75, 3.05) is 31.2 Å². The van der Waals surface area contributed by atoms with Gasteiger partial charge in [0.15, 0.2) is 11.6 Å². The Morgan fingerprint density at radius 1 is 1.11 bits per heavy atom. The van der Waals surface area contributed by atoms with Crippen molar-refractivity contribution < 1.29 is 31.8 Å². The summed E-state index contributed by atoms with van der Waals surface area (Å²) < 4.78 is 71.3. The standard InChI is InChI=1S/C23H20ClF4N3O4/c1-30-21(31-6-8-33-9-7-31)12-20(29-22(30)32)34-13-14-2-5-19(18(25)10-14)35-15-3-4-17(24)16(11-15)23(26,27)28/h2-5,10-12H,6-9,13H2,1H3. The van der Waals surface area contributed by atoms with E-state index >= 15 is 0 Å². The van der Waals surface area contributed by atoms with Crippen molar-refractivity contribution in [1.82, 2.24) is 9.55 Å². The van der Waals surface area contributed by atoms with Crippen molar-refractivity contribution >= 4 is 17.4 Å². The molecule has 0 radical (unpaired) electrons. The van der Waals surface area contributed by atoms with Crippen LogP contribution in [0.5, 0.6) is 17.4 Å². The number of aromatic nitrogens is 2. The first kappa shape index (κ1) is 24.8. The van der Waals surface area contributed by atoms with E-state index in [-0.39, 0.29) is 24.0 Å². The molecule has 0 amide bonds. The van der Waals surface area contributed by atoms with E-state index in [9.17, 15) is 22.4 Å². The SMILES string of the molecule is Cn1c(N2CCOCC2)cc(OCc2ccc(Oc3ccc(Cl)c(C(F)(F)F)c3)c(F)c2)nc1=O. The first-order valence-corrected chi connectivity index (χ1v) is 10.9. The molecule has 3 aromatic rings. The van der Waals surface area contributed by atoms with E-state index < -0.39 is 28.3 Å². The second kappa shape index (κ2) is 10.1. The first-order valence-electron chi connectivity index (χ1n) is 10.5. The molecule has 0 aliphatic carbocycles. The first-order chi connectivity index (χ1) is 16.6. The quantitative estimate of drug-likeness (QED) is 0.441. The number of morpholine rings is 1. The Morgan fingerprint density at radius 3 is 2.54 bits per heavy atom. The van der Waals surface area contributed by atoms with Crippen LogP contribution >= 0.6 is 11.6 Å². The number of halogens is 5. The van der Waals surface area contributed by atoms with Crippen LogP contribution in [-0.2, 0) is 24.6 Å². The van der Waals surface area contributed by atoms with E-state index in [1.807, 2.05) is 4.90 Å². The fourth-order valence-electron chi connectivity index (χ4n) is 3.46. The Kier molecular flexibility index (Phi) is 7.18. The van der Waals surface area contributed by atoms with E-state index in [2.05, 4.69) is 4.98 Å². The molecule has 0 unspecified atom stereocenters. The monoisotopic (exact) mass is 513 g/mol. The lowest BCUT2D eigenvalue weighted by Crippen LogP contribution is -2.39. The van der Waals surface area contributed by atoms with Crippen LogP contribution in [0.3, 0.4) is 0 Å². The van der Waals surface area contributed by atoms with Gasteiger partial charge in [-0.1, -0.05) is 17.7 Å². The second-order valence-electron chi connectivity index (χ2n) is 7.69. The van der Waals surface area contributed by atoms with Crippen LogP contribution in [-0.4, -0.2) is 35.9 Å². The van der Waals surface area contributed by atoms with E-state index in [1.54, 1.807) is 13.1 Å². The van der Waals surface area contributed by atoms with E-state index in [0.29, 0.717) is 43.8 Å². The summed E-state index contributed by atoms with van der Waals surface area (Å²) in [6.45, 7) is 2.20. The summed E-state index contributed by atoms with van der Waals surface area (Å²) >= 11 is 5.60. The van der Waals surface area contributed by atoms with Gasteiger partial charge in [-0.3, -0.25) is 4.57 Å². The maximum atomic E-state index is 14.6. The summed E-state index contributed by atoms with van der Waals surface area (Å²) in [5, 5.41) is -0.487. The third kappa shape index (κ3) is 5.85. The molecule has 1 aromatic heterocycles. The van der Waals surface area contributed by atoms with Gasteiger partial charge in [0.05, 0.1) is 23.8 Å². The van der Waals surface area contributed by atoms with Gasteiger partial charge in [0.25, 0.3) is 0 Å². The number of ether oxygens (including phenoxy) is 3. The van der Waals surface area contributed by atoms with Crippen LogP contribution in [0.15, 0.2) is 47.3 Å². The van der Waals surface area contributed by atoms with Crippen LogP contribution in [0, 0.1) is 5.82 Å². The van der Waals surface area contributed by atoms with Gasteiger partial charge in [-0.2, -0.15) is 18.2 Å².